The van der Waals surface area contributed by atoms with Crippen LogP contribution in [0.4, 0.5) is 0 Å². The fourth-order valence-electron chi connectivity index (χ4n) is 1.05. The molecule has 0 saturated carbocycles. The summed E-state index contributed by atoms with van der Waals surface area (Å²) in [6, 6.07) is 0. The lowest BCUT2D eigenvalue weighted by molar-refractivity contribution is -0.146. The summed E-state index contributed by atoms with van der Waals surface area (Å²) >= 11 is 1.40. The Balaban J connectivity index is 2.61. The summed E-state index contributed by atoms with van der Waals surface area (Å²) in [7, 11) is 3.10. The highest BCUT2D eigenvalue weighted by atomic mass is 32.2. The number of nitrogens with zero attached hydrogens (tertiary/aromatic N) is 2. The lowest BCUT2D eigenvalue weighted by atomic mass is 10.1. The predicted molar refractivity (Wildman–Crippen MR) is 61.3 cm³/mol. The van der Waals surface area contributed by atoms with Crippen LogP contribution in [0.5, 0.6) is 0 Å². The standard InChI is InChI=1S/C9H16N4O2S/c1-6-11-8(13-12-6)16-5-9(2,10-3)7(14)15-4/h10H,5H2,1-4H3,(H,11,12,13). The molecule has 0 fully saturated rings. The minimum atomic E-state index is -0.728. The van der Waals surface area contributed by atoms with Crippen LogP contribution in [0.25, 0.3) is 0 Å². The van der Waals surface area contributed by atoms with Gasteiger partial charge in [0, 0.05) is 5.75 Å². The van der Waals surface area contributed by atoms with E-state index in [1.54, 1.807) is 14.0 Å². The number of aromatic amines is 1. The fourth-order valence-corrected chi connectivity index (χ4v) is 2.05. The van der Waals surface area contributed by atoms with E-state index in [4.69, 9.17) is 4.74 Å². The van der Waals surface area contributed by atoms with Gasteiger partial charge in [0.05, 0.1) is 7.11 Å². The molecule has 6 nitrogen and oxygen atoms in total. The van der Waals surface area contributed by atoms with Gasteiger partial charge in [0.15, 0.2) is 0 Å². The molecule has 0 aromatic carbocycles. The van der Waals surface area contributed by atoms with Gasteiger partial charge in [-0.1, -0.05) is 11.8 Å². The Morgan fingerprint density at radius 2 is 2.38 bits per heavy atom. The van der Waals surface area contributed by atoms with Crippen LogP contribution in [-0.4, -0.2) is 46.6 Å². The van der Waals surface area contributed by atoms with Crippen LogP contribution < -0.4 is 5.32 Å². The Kier molecular flexibility index (Phi) is 4.31. The topological polar surface area (TPSA) is 79.9 Å². The smallest absolute Gasteiger partial charge is 0.326 e. The van der Waals surface area contributed by atoms with E-state index in [-0.39, 0.29) is 5.97 Å². The molecule has 0 aliphatic carbocycles. The van der Waals surface area contributed by atoms with Crippen LogP contribution in [0.2, 0.25) is 0 Å². The van der Waals surface area contributed by atoms with E-state index in [9.17, 15) is 4.79 Å². The van der Waals surface area contributed by atoms with Crippen LogP contribution in [0.3, 0.4) is 0 Å². The molecular formula is C9H16N4O2S. The second-order valence-electron chi connectivity index (χ2n) is 3.57. The van der Waals surface area contributed by atoms with Crippen LogP contribution >= 0.6 is 11.8 Å². The van der Waals surface area contributed by atoms with Crippen LogP contribution in [-0.2, 0) is 9.53 Å². The first-order valence-electron chi connectivity index (χ1n) is 4.81. The van der Waals surface area contributed by atoms with Crippen LogP contribution in [0, 0.1) is 6.92 Å². The average molecular weight is 244 g/mol. The number of methoxy groups -OCH3 is 1. The molecule has 90 valence electrons. The summed E-state index contributed by atoms with van der Waals surface area (Å²) in [5.41, 5.74) is -0.728. The van der Waals surface area contributed by atoms with E-state index < -0.39 is 5.54 Å². The van der Waals surface area contributed by atoms with Crippen molar-refractivity contribution >= 4 is 17.7 Å². The van der Waals surface area contributed by atoms with Crippen molar-refractivity contribution in [1.82, 2.24) is 20.5 Å². The van der Waals surface area contributed by atoms with Gasteiger partial charge in [-0.25, -0.2) is 4.98 Å². The van der Waals surface area contributed by atoms with Gasteiger partial charge >= 0.3 is 5.97 Å². The van der Waals surface area contributed by atoms with E-state index in [0.29, 0.717) is 10.9 Å². The molecule has 0 bridgehead atoms. The number of ether oxygens (including phenoxy) is 1. The van der Waals surface area contributed by atoms with Crippen molar-refractivity contribution in [2.75, 3.05) is 19.9 Å². The van der Waals surface area contributed by atoms with E-state index >= 15 is 0 Å². The third kappa shape index (κ3) is 2.96. The molecule has 1 atom stereocenters. The van der Waals surface area contributed by atoms with Crippen molar-refractivity contribution in [3.05, 3.63) is 5.82 Å². The Labute approximate surface area is 98.6 Å². The molecule has 1 aromatic heterocycles. The predicted octanol–water partition coefficient (Wildman–Crippen LogP) is 0.356. The summed E-state index contributed by atoms with van der Waals surface area (Å²) in [6.07, 6.45) is 0. The Morgan fingerprint density at radius 1 is 1.69 bits per heavy atom. The van der Waals surface area contributed by atoms with Gasteiger partial charge in [-0.05, 0) is 20.9 Å². The van der Waals surface area contributed by atoms with Crippen molar-refractivity contribution in [2.24, 2.45) is 0 Å². The first-order chi connectivity index (χ1) is 7.51. The quantitative estimate of drug-likeness (QED) is 0.575. The van der Waals surface area contributed by atoms with Gasteiger partial charge in [-0.15, -0.1) is 5.10 Å². The molecular weight excluding hydrogens is 228 g/mol. The first-order valence-corrected chi connectivity index (χ1v) is 5.79. The molecule has 7 heteroatoms. The molecule has 1 unspecified atom stereocenters. The number of nitrogens with one attached hydrogen (secondary N) is 2. The van der Waals surface area contributed by atoms with Crippen LogP contribution in [0.1, 0.15) is 12.7 Å². The van der Waals surface area contributed by atoms with E-state index in [1.165, 1.54) is 18.9 Å². The maximum Gasteiger partial charge on any atom is 0.326 e. The van der Waals surface area contributed by atoms with Crippen molar-refractivity contribution in [2.45, 2.75) is 24.5 Å². The van der Waals surface area contributed by atoms with Crippen molar-refractivity contribution < 1.29 is 9.53 Å². The molecule has 1 heterocycles. The molecule has 0 aliphatic rings. The van der Waals surface area contributed by atoms with Gasteiger partial charge < -0.3 is 10.1 Å². The Hall–Kier alpha value is -1.08. The number of hydrogen-bond acceptors (Lipinski definition) is 6. The Bertz CT molecular complexity index is 368. The zero-order valence-corrected chi connectivity index (χ0v) is 10.6. The van der Waals surface area contributed by atoms with Gasteiger partial charge in [-0.2, -0.15) is 0 Å². The van der Waals surface area contributed by atoms with E-state index in [1.807, 2.05) is 6.92 Å². The summed E-state index contributed by atoms with van der Waals surface area (Å²) < 4.78 is 4.74. The third-order valence-electron chi connectivity index (χ3n) is 2.25. The van der Waals surface area contributed by atoms with Gasteiger partial charge in [-0.3, -0.25) is 9.89 Å². The summed E-state index contributed by atoms with van der Waals surface area (Å²) in [6.45, 7) is 3.61. The number of thioether (sulfide) groups is 1. The highest BCUT2D eigenvalue weighted by Gasteiger charge is 2.33. The fraction of sp³-hybridized carbons (Fsp3) is 0.667. The molecule has 0 radical (unpaired) electrons. The lowest BCUT2D eigenvalue weighted by Crippen LogP contribution is -2.50. The highest BCUT2D eigenvalue weighted by molar-refractivity contribution is 7.99. The van der Waals surface area contributed by atoms with Crippen molar-refractivity contribution in [3.63, 3.8) is 0 Å². The van der Waals surface area contributed by atoms with Crippen LogP contribution in [0.15, 0.2) is 5.16 Å². The number of H-pyrrole nitrogens is 1. The van der Waals surface area contributed by atoms with Gasteiger partial charge in [0.1, 0.15) is 11.4 Å². The number of rotatable bonds is 5. The zero-order chi connectivity index (χ0) is 12.2. The largest absolute Gasteiger partial charge is 0.468 e. The molecule has 0 aliphatic heterocycles. The van der Waals surface area contributed by atoms with Crippen molar-refractivity contribution in [3.8, 4) is 0 Å². The third-order valence-corrected chi connectivity index (χ3v) is 3.42. The maximum atomic E-state index is 11.5. The second-order valence-corrected chi connectivity index (χ2v) is 4.51. The normalized spacial score (nSPS) is 14.5. The summed E-state index contributed by atoms with van der Waals surface area (Å²) in [5, 5.41) is 10.3. The number of aromatic nitrogens is 3. The van der Waals surface area contributed by atoms with Gasteiger partial charge in [0.2, 0.25) is 5.16 Å². The van der Waals surface area contributed by atoms with Gasteiger partial charge in [0.25, 0.3) is 0 Å². The molecule has 0 saturated heterocycles. The first kappa shape index (κ1) is 13.0. The Morgan fingerprint density at radius 3 is 2.81 bits per heavy atom. The molecule has 1 aromatic rings. The van der Waals surface area contributed by atoms with E-state index in [2.05, 4.69) is 20.5 Å². The number of likely N-dealkylation sites (N-methyl/N-ethyl adjacent to an activating group) is 1. The summed E-state index contributed by atoms with van der Waals surface area (Å²) in [4.78, 5) is 15.7. The van der Waals surface area contributed by atoms with E-state index in [0.717, 1.165) is 5.82 Å². The minimum Gasteiger partial charge on any atom is -0.468 e. The maximum absolute atomic E-state index is 11.5. The number of hydrogen-bond donors (Lipinski definition) is 2. The minimum absolute atomic E-state index is 0.297. The molecule has 2 N–H and O–H groups in total. The molecule has 1 rings (SSSR count). The SMILES string of the molecule is CNC(C)(CSc1n[nH]c(C)n1)C(=O)OC. The number of esters is 1. The molecule has 0 spiro atoms. The number of carbonyl (C=O) groups is 1. The molecule has 0 amide bonds. The monoisotopic (exact) mass is 244 g/mol. The number of aryl methyl sites for hydroxylation is 1. The lowest BCUT2D eigenvalue weighted by Gasteiger charge is -2.24. The average Bonchev–Trinajstić information content (AvgIpc) is 2.71. The summed E-state index contributed by atoms with van der Waals surface area (Å²) in [5.74, 6) is 0.967. The number of carbonyl (C=O) groups excluding carboxylic acids is 1. The second kappa shape index (κ2) is 5.31. The highest BCUT2D eigenvalue weighted by Crippen LogP contribution is 2.19. The molecule has 16 heavy (non-hydrogen) atoms. The van der Waals surface area contributed by atoms with Crippen molar-refractivity contribution in [1.29, 1.82) is 0 Å². The zero-order valence-electron chi connectivity index (χ0n) is 9.83.